The highest BCUT2D eigenvalue weighted by Gasteiger charge is 2.43. The fraction of sp³-hybridized carbons (Fsp3) is 0.222. The number of carboxylic acids is 1. The van der Waals surface area contributed by atoms with E-state index in [2.05, 4.69) is 5.32 Å². The highest BCUT2D eigenvalue weighted by Crippen LogP contribution is 2.43. The third-order valence-corrected chi connectivity index (χ3v) is 4.17. The summed E-state index contributed by atoms with van der Waals surface area (Å²) >= 11 is 0. The van der Waals surface area contributed by atoms with Crippen molar-refractivity contribution in [1.82, 2.24) is 0 Å². The Kier molecular flexibility index (Phi) is 4.14. The number of amides is 1. The fourth-order valence-corrected chi connectivity index (χ4v) is 2.83. The van der Waals surface area contributed by atoms with Crippen molar-refractivity contribution in [3.8, 4) is 5.75 Å². The quantitative estimate of drug-likeness (QED) is 0.872. The molecule has 2 aromatic rings. The zero-order valence-corrected chi connectivity index (χ0v) is 13.6. The molecule has 2 aromatic carbocycles. The number of hydrogen-bond donors (Lipinski definition) is 2. The van der Waals surface area contributed by atoms with Gasteiger partial charge in [0.05, 0.1) is 17.7 Å². The van der Waals surface area contributed by atoms with Crippen molar-refractivity contribution in [3.05, 3.63) is 59.2 Å². The Morgan fingerprint density at radius 1 is 1.23 bits per heavy atom. The lowest BCUT2D eigenvalue weighted by Gasteiger charge is -2.35. The molecule has 1 heterocycles. The first-order valence-corrected chi connectivity index (χ1v) is 7.63. The number of carbonyl (C=O) groups is 2. The summed E-state index contributed by atoms with van der Waals surface area (Å²) in [6, 6.07) is 10.1. The van der Waals surface area contributed by atoms with Crippen molar-refractivity contribution >= 4 is 17.6 Å². The summed E-state index contributed by atoms with van der Waals surface area (Å²) in [4.78, 5) is 23.4. The van der Waals surface area contributed by atoms with Crippen molar-refractivity contribution in [2.24, 2.45) is 0 Å². The molecule has 8 heteroatoms. The maximum absolute atomic E-state index is 13.3. The standard InChI is InChI=1S/C18H14F3NO4/c1-17(11-5-3-2-4-6-11)16(25)22-13-7-10(8-15(23)24)12(18(19,20)21)9-14(13)26-17/h2-7,9H,8H2,1H3,(H,22,25)(H,23,24)/t17-/m0/s1. The van der Waals surface area contributed by atoms with Gasteiger partial charge < -0.3 is 15.2 Å². The van der Waals surface area contributed by atoms with E-state index in [1.54, 1.807) is 30.3 Å². The largest absolute Gasteiger partial charge is 0.481 e. The lowest BCUT2D eigenvalue weighted by molar-refractivity contribution is -0.139. The Morgan fingerprint density at radius 2 is 1.88 bits per heavy atom. The van der Waals surface area contributed by atoms with Gasteiger partial charge in [-0.1, -0.05) is 30.3 Å². The van der Waals surface area contributed by atoms with Gasteiger partial charge in [0.25, 0.3) is 5.91 Å². The molecule has 1 atom stereocenters. The average Bonchev–Trinajstić information content (AvgIpc) is 2.55. The van der Waals surface area contributed by atoms with Gasteiger partial charge in [0.2, 0.25) is 5.60 Å². The van der Waals surface area contributed by atoms with Crippen LogP contribution in [0.25, 0.3) is 0 Å². The molecular weight excluding hydrogens is 351 g/mol. The molecule has 0 spiro atoms. The minimum Gasteiger partial charge on any atom is -0.481 e. The van der Waals surface area contributed by atoms with Gasteiger partial charge >= 0.3 is 12.1 Å². The maximum Gasteiger partial charge on any atom is 0.416 e. The number of anilines is 1. The number of rotatable bonds is 3. The summed E-state index contributed by atoms with van der Waals surface area (Å²) < 4.78 is 45.6. The molecule has 26 heavy (non-hydrogen) atoms. The van der Waals surface area contributed by atoms with E-state index in [0.29, 0.717) is 5.56 Å². The zero-order chi connectivity index (χ0) is 19.1. The van der Waals surface area contributed by atoms with Gasteiger partial charge in [-0.15, -0.1) is 0 Å². The number of nitrogens with one attached hydrogen (secondary N) is 1. The van der Waals surface area contributed by atoms with Gasteiger partial charge in [-0.25, -0.2) is 0 Å². The molecular formula is C18H14F3NO4. The van der Waals surface area contributed by atoms with Crippen molar-refractivity contribution in [1.29, 1.82) is 0 Å². The van der Waals surface area contributed by atoms with Crippen LogP contribution in [-0.2, 0) is 27.8 Å². The first-order valence-electron chi connectivity index (χ1n) is 7.63. The molecule has 0 saturated heterocycles. The van der Waals surface area contributed by atoms with Crippen LogP contribution < -0.4 is 10.1 Å². The van der Waals surface area contributed by atoms with Crippen molar-refractivity contribution < 1.29 is 32.6 Å². The predicted molar refractivity (Wildman–Crippen MR) is 85.8 cm³/mol. The highest BCUT2D eigenvalue weighted by molar-refractivity contribution is 6.01. The Balaban J connectivity index is 2.11. The molecule has 0 unspecified atom stereocenters. The second-order valence-electron chi connectivity index (χ2n) is 6.03. The van der Waals surface area contributed by atoms with Crippen LogP contribution in [0.4, 0.5) is 18.9 Å². The topological polar surface area (TPSA) is 75.6 Å². The van der Waals surface area contributed by atoms with Crippen LogP contribution in [0, 0.1) is 0 Å². The van der Waals surface area contributed by atoms with Crippen LogP contribution in [0.15, 0.2) is 42.5 Å². The second-order valence-corrected chi connectivity index (χ2v) is 6.03. The first kappa shape index (κ1) is 17.8. The Labute approximate surface area is 146 Å². The maximum atomic E-state index is 13.3. The van der Waals surface area contributed by atoms with Crippen LogP contribution in [-0.4, -0.2) is 17.0 Å². The molecule has 3 rings (SSSR count). The highest BCUT2D eigenvalue weighted by atomic mass is 19.4. The van der Waals surface area contributed by atoms with Crippen LogP contribution in [0.1, 0.15) is 23.6 Å². The number of carboxylic acid groups (broad SMARTS) is 1. The molecule has 0 aliphatic carbocycles. The third-order valence-electron chi connectivity index (χ3n) is 4.17. The molecule has 0 bridgehead atoms. The minimum atomic E-state index is -4.76. The lowest BCUT2D eigenvalue weighted by Crippen LogP contribution is -2.46. The normalized spacial score (nSPS) is 19.3. The molecule has 0 saturated carbocycles. The molecule has 1 aliphatic heterocycles. The van der Waals surface area contributed by atoms with E-state index < -0.39 is 41.2 Å². The predicted octanol–water partition coefficient (Wildman–Crippen LogP) is 3.58. The smallest absolute Gasteiger partial charge is 0.416 e. The number of fused-ring (bicyclic) bond motifs is 1. The number of aliphatic carboxylic acids is 1. The van der Waals surface area contributed by atoms with E-state index >= 15 is 0 Å². The van der Waals surface area contributed by atoms with Gasteiger partial charge in [0, 0.05) is 5.56 Å². The van der Waals surface area contributed by atoms with E-state index in [4.69, 9.17) is 9.84 Å². The summed E-state index contributed by atoms with van der Waals surface area (Å²) in [5, 5.41) is 11.4. The van der Waals surface area contributed by atoms with Gasteiger partial charge in [-0.2, -0.15) is 13.2 Å². The van der Waals surface area contributed by atoms with E-state index in [0.717, 1.165) is 12.1 Å². The van der Waals surface area contributed by atoms with Crippen molar-refractivity contribution in [3.63, 3.8) is 0 Å². The Hall–Kier alpha value is -3.03. The van der Waals surface area contributed by atoms with E-state index in [9.17, 15) is 22.8 Å². The third kappa shape index (κ3) is 3.10. The molecule has 0 aromatic heterocycles. The summed E-state index contributed by atoms with van der Waals surface area (Å²) in [5.41, 5.74) is -2.58. The van der Waals surface area contributed by atoms with Gasteiger partial charge in [-0.05, 0) is 24.6 Å². The molecule has 136 valence electrons. The molecule has 5 nitrogen and oxygen atoms in total. The summed E-state index contributed by atoms with van der Waals surface area (Å²) in [5.74, 6) is -2.14. The first-order chi connectivity index (χ1) is 12.1. The summed E-state index contributed by atoms with van der Waals surface area (Å²) in [6.45, 7) is 1.46. The van der Waals surface area contributed by atoms with E-state index in [1.165, 1.54) is 6.92 Å². The minimum absolute atomic E-state index is 0.00709. The summed E-state index contributed by atoms with van der Waals surface area (Å²) in [7, 11) is 0. The second kappa shape index (κ2) is 6.05. The lowest BCUT2D eigenvalue weighted by atomic mass is 9.92. The van der Waals surface area contributed by atoms with Crippen molar-refractivity contribution in [2.75, 3.05) is 5.32 Å². The van der Waals surface area contributed by atoms with E-state index in [-0.39, 0.29) is 11.4 Å². The van der Waals surface area contributed by atoms with Gasteiger partial charge in [0.1, 0.15) is 5.75 Å². The fourth-order valence-electron chi connectivity index (χ4n) is 2.83. The van der Waals surface area contributed by atoms with Crippen LogP contribution in [0.5, 0.6) is 5.75 Å². The average molecular weight is 365 g/mol. The number of hydrogen-bond acceptors (Lipinski definition) is 3. The molecule has 1 aliphatic rings. The number of benzene rings is 2. The molecule has 0 radical (unpaired) electrons. The Morgan fingerprint density at radius 3 is 2.46 bits per heavy atom. The molecule has 1 amide bonds. The molecule has 0 fully saturated rings. The van der Waals surface area contributed by atoms with Crippen LogP contribution in [0.3, 0.4) is 0 Å². The SMILES string of the molecule is C[C@@]1(c2ccccc2)Oc2cc(C(F)(F)F)c(CC(=O)O)cc2NC1=O. The zero-order valence-electron chi connectivity index (χ0n) is 13.6. The van der Waals surface area contributed by atoms with Gasteiger partial charge in [-0.3, -0.25) is 9.59 Å². The Bertz CT molecular complexity index is 880. The van der Waals surface area contributed by atoms with Gasteiger partial charge in [0.15, 0.2) is 0 Å². The number of ether oxygens (including phenoxy) is 1. The van der Waals surface area contributed by atoms with Crippen LogP contribution in [0.2, 0.25) is 0 Å². The molecule has 2 N–H and O–H groups in total. The monoisotopic (exact) mass is 365 g/mol. The summed E-state index contributed by atoms with van der Waals surface area (Å²) in [6.07, 6.45) is -5.58. The van der Waals surface area contributed by atoms with Crippen molar-refractivity contribution in [2.45, 2.75) is 25.1 Å². The number of carbonyl (C=O) groups excluding carboxylic acids is 1. The van der Waals surface area contributed by atoms with Crippen LogP contribution >= 0.6 is 0 Å². The number of alkyl halides is 3. The number of halogens is 3. The van der Waals surface area contributed by atoms with E-state index in [1.807, 2.05) is 0 Å².